The zero-order chi connectivity index (χ0) is 18.6. The monoisotopic (exact) mass is 395 g/mol. The molecule has 3 atom stereocenters. The van der Waals surface area contributed by atoms with Gasteiger partial charge in [-0.25, -0.2) is 8.42 Å². The first-order valence-electron chi connectivity index (χ1n) is 9.37. The maximum atomic E-state index is 13.1. The summed E-state index contributed by atoms with van der Waals surface area (Å²) in [7, 11) is -3.70. The van der Waals surface area contributed by atoms with Crippen molar-refractivity contribution in [2.24, 2.45) is 0 Å². The number of aryl methyl sites for hydroxylation is 1. The first-order chi connectivity index (χ1) is 13.0. The Hall–Kier alpha value is -1.74. The van der Waals surface area contributed by atoms with E-state index in [1.807, 2.05) is 19.1 Å². The molecule has 0 spiro atoms. The average Bonchev–Trinajstić information content (AvgIpc) is 3.29. The van der Waals surface area contributed by atoms with Crippen LogP contribution in [0.4, 0.5) is 0 Å². The Labute approximate surface area is 161 Å². The highest BCUT2D eigenvalue weighted by Crippen LogP contribution is 2.56. The molecule has 3 aromatic rings. The number of hydrogen-bond donors (Lipinski definition) is 0. The molecule has 0 aliphatic carbocycles. The molecule has 2 aliphatic heterocycles. The summed E-state index contributed by atoms with van der Waals surface area (Å²) in [5.74, 6) is 0. The number of nitrogens with zero attached hydrogens (tertiary/aromatic N) is 1. The fourth-order valence-corrected chi connectivity index (χ4v) is 9.78. The van der Waals surface area contributed by atoms with E-state index in [0.29, 0.717) is 17.1 Å². The Balaban J connectivity index is 1.44. The average molecular weight is 395 g/mol. The Kier molecular flexibility index (Phi) is 4.12. The summed E-state index contributed by atoms with van der Waals surface area (Å²) in [5.41, 5.74) is 1.55. The number of benzene rings is 3. The van der Waals surface area contributed by atoms with E-state index >= 15 is 0 Å². The maximum Gasteiger partial charge on any atom is 0.243 e. The number of rotatable bonds is 3. The Morgan fingerprint density at radius 1 is 0.963 bits per heavy atom. The third-order valence-electron chi connectivity index (χ3n) is 5.89. The fourth-order valence-electron chi connectivity index (χ4n) is 4.52. The molecular weight excluding hydrogens is 373 g/mol. The van der Waals surface area contributed by atoms with E-state index in [2.05, 4.69) is 42.5 Å². The quantitative estimate of drug-likeness (QED) is 0.626. The predicted octanol–water partition coefficient (Wildman–Crippen LogP) is 4.10. The van der Waals surface area contributed by atoms with Crippen molar-refractivity contribution >= 4 is 34.0 Å². The molecule has 2 bridgehead atoms. The molecular formula is C22H22NO2PS. The van der Waals surface area contributed by atoms with Crippen molar-refractivity contribution in [1.82, 2.24) is 4.31 Å². The molecule has 3 nitrogen and oxygen atoms in total. The van der Waals surface area contributed by atoms with E-state index in [4.69, 9.17) is 0 Å². The van der Waals surface area contributed by atoms with Crippen LogP contribution in [0.3, 0.4) is 0 Å². The lowest BCUT2D eigenvalue weighted by Gasteiger charge is -2.31. The molecule has 2 saturated heterocycles. The van der Waals surface area contributed by atoms with Crippen LogP contribution in [0.25, 0.3) is 10.8 Å². The Bertz CT molecular complexity index is 1110. The molecule has 0 radical (unpaired) electrons. The van der Waals surface area contributed by atoms with Gasteiger partial charge in [0, 0.05) is 12.6 Å². The lowest BCUT2D eigenvalue weighted by molar-refractivity contribution is 0.408. The van der Waals surface area contributed by atoms with E-state index in [0.717, 1.165) is 18.1 Å². The predicted molar refractivity (Wildman–Crippen MR) is 113 cm³/mol. The lowest BCUT2D eigenvalue weighted by atomic mass is 10.1. The van der Waals surface area contributed by atoms with Gasteiger partial charge in [-0.15, -0.1) is 0 Å². The number of hydrogen-bond acceptors (Lipinski definition) is 2. The molecule has 0 saturated carbocycles. The molecule has 5 heteroatoms. The summed E-state index contributed by atoms with van der Waals surface area (Å²) in [6, 6.07) is 22.5. The van der Waals surface area contributed by atoms with Crippen molar-refractivity contribution < 1.29 is 8.42 Å². The molecule has 138 valence electrons. The SMILES string of the molecule is Cc1ccc(S(=O)(=O)N2C[C@H]3C[C@H]2CP3c2cccc3ccccc23)cc1. The second-order valence-corrected chi connectivity index (χ2v) is 12.0. The normalized spacial score (nSPS) is 25.3. The van der Waals surface area contributed by atoms with Crippen LogP contribution in [-0.4, -0.2) is 37.1 Å². The highest BCUT2D eigenvalue weighted by molar-refractivity contribution is 7.89. The van der Waals surface area contributed by atoms with E-state index < -0.39 is 10.0 Å². The molecule has 0 aromatic heterocycles. The van der Waals surface area contributed by atoms with Gasteiger partial charge in [0.15, 0.2) is 0 Å². The standard InChI is InChI=1S/C22H22NO2PS/c1-16-9-11-20(12-10-16)27(24,25)23-14-19-13-18(23)15-26(19)22-8-4-6-17-5-2-3-7-21(17)22/h2-12,18-19H,13-15H2,1H3/t18-,19+,26?/m0/s1. The summed E-state index contributed by atoms with van der Waals surface area (Å²) in [4.78, 5) is 0.426. The van der Waals surface area contributed by atoms with Gasteiger partial charge in [0.05, 0.1) is 4.90 Å². The molecule has 3 aromatic carbocycles. The van der Waals surface area contributed by atoms with E-state index in [1.165, 1.54) is 16.1 Å². The van der Waals surface area contributed by atoms with Crippen LogP contribution in [0.1, 0.15) is 12.0 Å². The van der Waals surface area contributed by atoms with Crippen LogP contribution in [0, 0.1) is 6.92 Å². The second kappa shape index (κ2) is 6.41. The van der Waals surface area contributed by atoms with Crippen LogP contribution in [-0.2, 0) is 10.0 Å². The molecule has 2 aliphatic rings. The molecule has 2 heterocycles. The van der Waals surface area contributed by atoms with Gasteiger partial charge in [0.2, 0.25) is 10.0 Å². The topological polar surface area (TPSA) is 37.4 Å². The van der Waals surface area contributed by atoms with Crippen LogP contribution >= 0.6 is 7.92 Å². The first kappa shape index (κ1) is 17.4. The highest BCUT2D eigenvalue weighted by atomic mass is 32.2. The minimum Gasteiger partial charge on any atom is -0.207 e. The minimum atomic E-state index is -3.39. The third kappa shape index (κ3) is 2.82. The van der Waals surface area contributed by atoms with Crippen LogP contribution in [0.15, 0.2) is 71.6 Å². The highest BCUT2D eigenvalue weighted by Gasteiger charge is 2.49. The van der Waals surface area contributed by atoms with E-state index in [9.17, 15) is 8.42 Å². The zero-order valence-electron chi connectivity index (χ0n) is 15.2. The Morgan fingerprint density at radius 2 is 1.70 bits per heavy atom. The second-order valence-electron chi connectivity index (χ2n) is 7.58. The molecule has 0 N–H and O–H groups in total. The molecule has 2 fully saturated rings. The van der Waals surface area contributed by atoms with E-state index in [-0.39, 0.29) is 14.0 Å². The Morgan fingerprint density at radius 3 is 2.44 bits per heavy atom. The molecule has 27 heavy (non-hydrogen) atoms. The van der Waals surface area contributed by atoms with Gasteiger partial charge >= 0.3 is 0 Å². The van der Waals surface area contributed by atoms with Crippen molar-refractivity contribution in [2.45, 2.75) is 29.9 Å². The molecule has 1 unspecified atom stereocenters. The van der Waals surface area contributed by atoms with Gasteiger partial charge in [-0.1, -0.05) is 68.1 Å². The minimum absolute atomic E-state index is 0.145. The van der Waals surface area contributed by atoms with Crippen molar-refractivity contribution in [3.63, 3.8) is 0 Å². The number of fused-ring (bicyclic) bond motifs is 3. The van der Waals surface area contributed by atoms with Crippen molar-refractivity contribution in [2.75, 3.05) is 12.7 Å². The van der Waals surface area contributed by atoms with Gasteiger partial charge < -0.3 is 0 Å². The number of sulfonamides is 1. The summed E-state index contributed by atoms with van der Waals surface area (Å²) in [6.07, 6.45) is 1.99. The molecule has 5 rings (SSSR count). The summed E-state index contributed by atoms with van der Waals surface area (Å²) in [5, 5.41) is 4.07. The van der Waals surface area contributed by atoms with Gasteiger partial charge in [-0.2, -0.15) is 4.31 Å². The zero-order valence-corrected chi connectivity index (χ0v) is 17.0. The van der Waals surface area contributed by atoms with Crippen molar-refractivity contribution in [3.8, 4) is 0 Å². The van der Waals surface area contributed by atoms with Gasteiger partial charge in [-0.05, 0) is 53.4 Å². The third-order valence-corrected chi connectivity index (χ3v) is 10.9. The van der Waals surface area contributed by atoms with E-state index in [1.54, 1.807) is 16.4 Å². The smallest absolute Gasteiger partial charge is 0.207 e. The van der Waals surface area contributed by atoms with Crippen LogP contribution in [0.2, 0.25) is 0 Å². The van der Waals surface area contributed by atoms with Crippen molar-refractivity contribution in [1.29, 1.82) is 0 Å². The first-order valence-corrected chi connectivity index (χ1v) is 12.4. The summed E-state index contributed by atoms with van der Waals surface area (Å²) in [6.45, 7) is 2.64. The van der Waals surface area contributed by atoms with Crippen molar-refractivity contribution in [3.05, 3.63) is 72.3 Å². The lowest BCUT2D eigenvalue weighted by Crippen LogP contribution is -2.40. The van der Waals surface area contributed by atoms with Gasteiger partial charge in [-0.3, -0.25) is 0 Å². The summed E-state index contributed by atoms with van der Waals surface area (Å²) < 4.78 is 28.0. The maximum absolute atomic E-state index is 13.1. The largest absolute Gasteiger partial charge is 0.243 e. The van der Waals surface area contributed by atoms with Crippen LogP contribution in [0.5, 0.6) is 0 Å². The molecule has 0 amide bonds. The summed E-state index contributed by atoms with van der Waals surface area (Å²) >= 11 is 0. The van der Waals surface area contributed by atoms with Crippen LogP contribution < -0.4 is 5.30 Å². The van der Waals surface area contributed by atoms with Gasteiger partial charge in [0.25, 0.3) is 0 Å². The van der Waals surface area contributed by atoms with Gasteiger partial charge in [0.1, 0.15) is 0 Å². The fraction of sp³-hybridized carbons (Fsp3) is 0.273.